The Labute approximate surface area is 821 Å². The molecular weight excluding hydrogens is 1750 g/mol. The first-order valence-electron chi connectivity index (χ1n) is 47.6. The molecule has 24 nitrogen and oxygen atoms in total. The number of halogens is 1. The van der Waals surface area contributed by atoms with Crippen LogP contribution in [0.2, 0.25) is 0 Å². The Bertz CT molecular complexity index is 7090. The summed E-state index contributed by atoms with van der Waals surface area (Å²) in [5.74, 6) is 1.59. The van der Waals surface area contributed by atoms with E-state index in [9.17, 15) is 23.6 Å². The van der Waals surface area contributed by atoms with E-state index in [-0.39, 0.29) is 36.2 Å². The Kier molecular flexibility index (Phi) is 33.7. The lowest BCUT2D eigenvalue weighted by atomic mass is 10.1. The van der Waals surface area contributed by atoms with Crippen LogP contribution in [0.1, 0.15) is 112 Å². The molecule has 0 fully saturated rings. The van der Waals surface area contributed by atoms with Gasteiger partial charge in [-0.1, -0.05) is 36.4 Å². The first kappa shape index (κ1) is 101. The molecule has 0 radical (unpaired) electrons. The number of benzene rings is 12. The van der Waals surface area contributed by atoms with Gasteiger partial charge in [0.2, 0.25) is 6.79 Å². The van der Waals surface area contributed by atoms with Crippen LogP contribution in [0.4, 0.5) is 72.6 Å². The van der Waals surface area contributed by atoms with Crippen LogP contribution in [0.3, 0.4) is 0 Å². The van der Waals surface area contributed by atoms with E-state index >= 15 is 0 Å². The maximum atomic E-state index is 13.4. The van der Waals surface area contributed by atoms with Crippen LogP contribution in [0.15, 0.2) is 261 Å². The number of fused-ring (bicyclic) bond motifs is 5. The van der Waals surface area contributed by atoms with E-state index in [0.29, 0.717) is 56.6 Å². The fourth-order valence-electron chi connectivity index (χ4n) is 17.6. The molecule has 25 heteroatoms. The smallest absolute Gasteiger partial charge is 0.255 e. The lowest BCUT2D eigenvalue weighted by Crippen LogP contribution is -2.15. The number of aryl methyl sites for hydroxylation is 8. The number of methoxy groups -OCH3 is 2. The molecule has 0 bridgehead atoms. The van der Waals surface area contributed by atoms with Gasteiger partial charge in [0.25, 0.3) is 23.6 Å². The molecule has 0 atom stereocenters. The summed E-state index contributed by atoms with van der Waals surface area (Å²) in [6, 6.07) is 81.6. The number of hydrogen-bond donors (Lipinski definition) is 8. The van der Waals surface area contributed by atoms with Crippen molar-refractivity contribution >= 4 is 135 Å². The Morgan fingerprint density at radius 3 is 0.886 bits per heavy atom. The summed E-state index contributed by atoms with van der Waals surface area (Å²) in [4.78, 5) is 60.0. The van der Waals surface area contributed by atoms with Crippen molar-refractivity contribution in [2.45, 2.75) is 107 Å². The van der Waals surface area contributed by atoms with Crippen molar-refractivity contribution in [3.05, 3.63) is 334 Å². The molecule has 5 heterocycles. The summed E-state index contributed by atoms with van der Waals surface area (Å²) < 4.78 is 44.2. The first-order chi connectivity index (χ1) is 67.4. The zero-order chi connectivity index (χ0) is 99.4. The second-order valence-electron chi connectivity index (χ2n) is 36.7. The van der Waals surface area contributed by atoms with E-state index in [2.05, 4.69) is 265 Å². The van der Waals surface area contributed by atoms with Crippen molar-refractivity contribution in [1.82, 2.24) is 37.9 Å². The quantitative estimate of drug-likeness (QED) is 0.0187. The summed E-state index contributed by atoms with van der Waals surface area (Å²) in [6.07, 6.45) is 4.43. The molecule has 726 valence electrons. The van der Waals surface area contributed by atoms with Crippen LogP contribution < -0.4 is 61.5 Å². The van der Waals surface area contributed by atoms with Crippen LogP contribution in [-0.2, 0) is 26.2 Å². The van der Waals surface area contributed by atoms with Gasteiger partial charge in [-0.05, 0) is 398 Å². The Balaban J connectivity index is 0.000000149. The van der Waals surface area contributed by atoms with E-state index in [1.165, 1.54) is 101 Å². The van der Waals surface area contributed by atoms with Crippen molar-refractivity contribution in [3.63, 3.8) is 0 Å². The van der Waals surface area contributed by atoms with Gasteiger partial charge in [0.15, 0.2) is 11.5 Å². The molecule has 0 saturated carbocycles. The van der Waals surface area contributed by atoms with E-state index in [1.54, 1.807) is 68.8 Å². The predicted molar refractivity (Wildman–Crippen MR) is 574 cm³/mol. The number of carbonyl (C=O) groups is 4. The van der Waals surface area contributed by atoms with Gasteiger partial charge in [0.05, 0.1) is 14.2 Å². The van der Waals surface area contributed by atoms with Gasteiger partial charge >= 0.3 is 0 Å². The second kappa shape index (κ2) is 46.8. The minimum Gasteiger partial charge on any atom is -0.497 e. The molecule has 0 spiro atoms. The second-order valence-corrected chi connectivity index (χ2v) is 36.7. The molecule has 8 N–H and O–H groups in total. The average molecular weight is 1880 g/mol. The molecule has 12 aromatic carbocycles. The van der Waals surface area contributed by atoms with E-state index in [0.717, 1.165) is 135 Å². The monoisotopic (exact) mass is 1880 g/mol. The molecular formula is C115H131FN16O8. The van der Waals surface area contributed by atoms with Crippen molar-refractivity contribution in [3.8, 4) is 23.0 Å². The third kappa shape index (κ3) is 25.8. The van der Waals surface area contributed by atoms with Gasteiger partial charge in [-0.25, -0.2) is 4.39 Å². The number of rotatable bonds is 34. The fourth-order valence-corrected chi connectivity index (χ4v) is 17.6. The summed E-state index contributed by atoms with van der Waals surface area (Å²) in [5.41, 5.74) is 27.5. The van der Waals surface area contributed by atoms with Gasteiger partial charge < -0.3 is 99.3 Å². The van der Waals surface area contributed by atoms with Crippen LogP contribution in [0.5, 0.6) is 23.0 Å². The van der Waals surface area contributed by atoms with Crippen LogP contribution >= 0.6 is 0 Å². The maximum Gasteiger partial charge on any atom is 0.255 e. The molecule has 0 aliphatic carbocycles. The zero-order valence-corrected chi connectivity index (χ0v) is 83.7. The topological polar surface area (TPSA) is 234 Å². The van der Waals surface area contributed by atoms with E-state index < -0.39 is 0 Å². The van der Waals surface area contributed by atoms with Crippen LogP contribution in [0, 0.1) is 61.2 Å². The van der Waals surface area contributed by atoms with Gasteiger partial charge in [-0.15, -0.1) is 0 Å². The SMILES string of the molecule is COc1ccc(NC(=O)c2cccc(Nc3ccc4c(c3)c(C)c(C)n4CCCN(C)C)c2)cc1.COc1cccc(NC(=O)c2cccc(Nc3ccc4c(c3)c(C)c(C)n4CCCN(C)C)c2)c1.Cc1c(C)n(CCCN(C)C)c2ccc(Nc3cccc(C(=O)Nc4ccc5c(c4)OCO5)c3)cc12.Cc1c(C)n(CCCN(C)C)c2ccc(Nc3cccc(C(=O)Nc4cccc(F)c4)c3)cc12. The normalized spacial score (nSPS) is 11.5. The third-order valence-corrected chi connectivity index (χ3v) is 25.5. The van der Waals surface area contributed by atoms with E-state index in [4.69, 9.17) is 18.9 Å². The number of anilines is 12. The van der Waals surface area contributed by atoms with E-state index in [1.807, 2.05) is 121 Å². The Morgan fingerprint density at radius 1 is 0.293 bits per heavy atom. The predicted octanol–water partition coefficient (Wildman–Crippen LogP) is 24.7. The van der Waals surface area contributed by atoms with Crippen molar-refractivity contribution in [2.75, 3.05) is 146 Å². The maximum absolute atomic E-state index is 13.4. The average Bonchev–Trinajstić information content (AvgIpc) is 1.64. The number of nitrogens with zero attached hydrogens (tertiary/aromatic N) is 8. The number of hydrogen-bond acceptors (Lipinski definition) is 16. The Morgan fingerprint density at radius 2 is 0.564 bits per heavy atom. The number of nitrogens with one attached hydrogen (secondary N) is 8. The van der Waals surface area contributed by atoms with Crippen molar-refractivity contribution in [2.24, 2.45) is 0 Å². The zero-order valence-electron chi connectivity index (χ0n) is 83.7. The first-order valence-corrected chi connectivity index (χ1v) is 47.6. The lowest BCUT2D eigenvalue weighted by Gasteiger charge is -2.13. The van der Waals surface area contributed by atoms with Crippen molar-refractivity contribution in [1.29, 1.82) is 0 Å². The molecule has 1 aliphatic rings. The summed E-state index contributed by atoms with van der Waals surface area (Å²) in [5, 5.41) is 30.4. The van der Waals surface area contributed by atoms with Crippen LogP contribution in [0.25, 0.3) is 43.6 Å². The number of amides is 4. The highest BCUT2D eigenvalue weighted by molar-refractivity contribution is 6.08. The summed E-state index contributed by atoms with van der Waals surface area (Å²) in [6.45, 7) is 26.0. The molecule has 140 heavy (non-hydrogen) atoms. The number of carbonyl (C=O) groups excluding carboxylic acids is 4. The van der Waals surface area contributed by atoms with Gasteiger partial charge in [0, 0.05) is 195 Å². The summed E-state index contributed by atoms with van der Waals surface area (Å²) >= 11 is 0. The molecule has 17 rings (SSSR count). The highest BCUT2D eigenvalue weighted by atomic mass is 19.1. The largest absolute Gasteiger partial charge is 0.497 e. The number of ether oxygens (including phenoxy) is 4. The minimum absolute atomic E-state index is 0.157. The fraction of sp³-hybridized carbons (Fsp3) is 0.270. The molecule has 0 unspecified atom stereocenters. The molecule has 4 amide bonds. The highest BCUT2D eigenvalue weighted by Crippen LogP contribution is 2.38. The highest BCUT2D eigenvalue weighted by Gasteiger charge is 2.22. The molecule has 16 aromatic rings. The molecule has 1 aliphatic heterocycles. The summed E-state index contributed by atoms with van der Waals surface area (Å²) in [7, 11) is 20.1. The van der Waals surface area contributed by atoms with Crippen molar-refractivity contribution < 1.29 is 42.5 Å². The van der Waals surface area contributed by atoms with Crippen LogP contribution in [-0.4, -0.2) is 165 Å². The number of aromatic nitrogens is 4. The van der Waals surface area contributed by atoms with Gasteiger partial charge in [0.1, 0.15) is 17.3 Å². The van der Waals surface area contributed by atoms with Gasteiger partial charge in [-0.3, -0.25) is 19.2 Å². The standard InChI is InChI=1S/C29H32N4O3.2C29H34N4O2.C28H31FN4O/c1-19-20(2)33(14-6-13-32(3)4)26-11-9-23(16-25(19)26)30-22-8-5-7-21(15-22)29(34)31-24-10-12-27-28(17-24)36-18-35-27;1-20-21(2)33(16-8-15-32(3)4)28-14-13-25(19-27(20)28)30-23-10-6-9-22(17-23)29(34)31-24-11-7-12-26(18-24)35-5;1-20-21(2)33(17-7-16-32(3)4)28-15-12-25(19-27(20)28)30-24-9-6-8-22(18-24)29(34)31-23-10-13-26(35-5)14-11-23;1-19-20(2)33(15-7-14-32(3)4)27-13-12-25(18-26(19)27)30-23-10-5-8-21(16-23)28(34)31-24-11-6-9-22(29)17-24/h5,7-12,15-17,30H,6,13-14,18H2,1-4H3,(H,31,34);6-7,9-14,17-19,30H,8,15-16H2,1-5H3,(H,31,34);6,8-15,18-19,30H,7,16-17H2,1-5H3,(H,31,34);5-6,8-13,16-18,30H,7,14-15H2,1-4H3,(H,31,34). The van der Waals surface area contributed by atoms with Gasteiger partial charge in [-0.2, -0.15) is 0 Å². The molecule has 0 saturated heterocycles. The minimum atomic E-state index is -0.388. The third-order valence-electron chi connectivity index (χ3n) is 25.5. The molecule has 4 aromatic heterocycles. The lowest BCUT2D eigenvalue weighted by molar-refractivity contribution is 0.101. The Hall–Kier alpha value is -15.2.